The quantitative estimate of drug-likeness (QED) is 0.734. The molecule has 0 aliphatic carbocycles. The molecule has 3 aliphatic heterocycles. The largest absolute Gasteiger partial charge is 0.492 e. The highest BCUT2D eigenvalue weighted by molar-refractivity contribution is 5.79. The molecule has 0 bridgehead atoms. The van der Waals surface area contributed by atoms with Crippen molar-refractivity contribution in [2.45, 2.75) is 45.0 Å². The summed E-state index contributed by atoms with van der Waals surface area (Å²) in [5, 5.41) is 2.91. The Labute approximate surface area is 190 Å². The molecule has 182 valence electrons. The van der Waals surface area contributed by atoms with Crippen molar-refractivity contribution in [2.24, 2.45) is 11.8 Å². The molecule has 4 heterocycles. The van der Waals surface area contributed by atoms with Crippen LogP contribution in [0.3, 0.4) is 0 Å². The summed E-state index contributed by atoms with van der Waals surface area (Å²) < 4.78 is 49.9. The van der Waals surface area contributed by atoms with Gasteiger partial charge >= 0.3 is 12.2 Å². The van der Waals surface area contributed by atoms with E-state index in [1.807, 2.05) is 11.8 Å². The number of carbonyl (C=O) groups is 2. The number of aryl methyl sites for hydroxylation is 1. The molecule has 3 aliphatic rings. The van der Waals surface area contributed by atoms with Crippen molar-refractivity contribution in [3.05, 3.63) is 23.5 Å². The van der Waals surface area contributed by atoms with Gasteiger partial charge in [-0.15, -0.1) is 0 Å². The molecule has 1 aromatic heterocycles. The lowest BCUT2D eigenvalue weighted by Crippen LogP contribution is -2.62. The van der Waals surface area contributed by atoms with E-state index in [0.717, 1.165) is 12.6 Å². The number of fused-ring (bicyclic) bond motifs is 1. The summed E-state index contributed by atoms with van der Waals surface area (Å²) in [6, 6.07) is 1.14. The predicted octanol–water partition coefficient (Wildman–Crippen LogP) is 2.45. The van der Waals surface area contributed by atoms with Gasteiger partial charge < -0.3 is 24.6 Å². The van der Waals surface area contributed by atoms with Crippen LogP contribution in [0.15, 0.2) is 12.3 Å². The van der Waals surface area contributed by atoms with Crippen molar-refractivity contribution in [3.8, 4) is 5.75 Å². The van der Waals surface area contributed by atoms with Crippen LogP contribution in [0.25, 0.3) is 0 Å². The summed E-state index contributed by atoms with van der Waals surface area (Å²) in [4.78, 5) is 31.8. The number of ether oxygens (including phenoxy) is 2. The fourth-order valence-corrected chi connectivity index (χ4v) is 4.82. The fourth-order valence-electron chi connectivity index (χ4n) is 4.82. The van der Waals surface area contributed by atoms with Crippen LogP contribution in [-0.4, -0.2) is 78.3 Å². The molecule has 0 unspecified atom stereocenters. The number of amides is 3. The third-order valence-electron chi connectivity index (χ3n) is 6.73. The number of rotatable bonds is 3. The van der Waals surface area contributed by atoms with Crippen molar-refractivity contribution in [1.82, 2.24) is 20.1 Å². The fraction of sp³-hybridized carbons (Fsp3) is 0.682. The molecular formula is C22H29F3N4O4. The van der Waals surface area contributed by atoms with E-state index in [1.165, 1.54) is 13.0 Å². The molecule has 1 N–H and O–H groups in total. The number of hydrogen-bond donors (Lipinski definition) is 1. The highest BCUT2D eigenvalue weighted by Crippen LogP contribution is 2.32. The summed E-state index contributed by atoms with van der Waals surface area (Å²) in [6.45, 7) is 6.02. The van der Waals surface area contributed by atoms with Crippen molar-refractivity contribution in [1.29, 1.82) is 0 Å². The highest BCUT2D eigenvalue weighted by atomic mass is 19.4. The van der Waals surface area contributed by atoms with Gasteiger partial charge in [0.25, 0.3) is 0 Å². The molecule has 0 radical (unpaired) electrons. The maximum absolute atomic E-state index is 13.1. The average Bonchev–Trinajstić information content (AvgIpc) is 2.76. The van der Waals surface area contributed by atoms with E-state index in [0.29, 0.717) is 45.0 Å². The van der Waals surface area contributed by atoms with Crippen molar-refractivity contribution >= 4 is 11.9 Å². The second-order valence-electron chi connectivity index (χ2n) is 9.16. The third kappa shape index (κ3) is 5.34. The third-order valence-corrected chi connectivity index (χ3v) is 6.73. The molecular weight excluding hydrogens is 441 g/mol. The van der Waals surface area contributed by atoms with Crippen molar-refractivity contribution in [3.63, 3.8) is 0 Å². The van der Waals surface area contributed by atoms with Gasteiger partial charge in [-0.05, 0) is 43.2 Å². The Bertz CT molecular complexity index is 897. The first-order valence-electron chi connectivity index (χ1n) is 11.2. The Hall–Kier alpha value is -2.56. The summed E-state index contributed by atoms with van der Waals surface area (Å²) in [5.74, 6) is 0.499. The van der Waals surface area contributed by atoms with Gasteiger partial charge in [0, 0.05) is 26.2 Å². The Kier molecular flexibility index (Phi) is 6.69. The van der Waals surface area contributed by atoms with Crippen LogP contribution in [-0.2, 0) is 15.7 Å². The zero-order valence-electron chi connectivity index (χ0n) is 18.7. The lowest BCUT2D eigenvalue weighted by Gasteiger charge is -2.44. The van der Waals surface area contributed by atoms with Crippen molar-refractivity contribution in [2.75, 3.05) is 39.4 Å². The first-order chi connectivity index (χ1) is 15.6. The zero-order valence-corrected chi connectivity index (χ0v) is 18.7. The summed E-state index contributed by atoms with van der Waals surface area (Å²) in [6.07, 6.45) is -1.99. The number of halogens is 3. The number of carbonyl (C=O) groups excluding carboxylic acids is 2. The van der Waals surface area contributed by atoms with Crippen LogP contribution in [0.1, 0.15) is 31.0 Å². The van der Waals surface area contributed by atoms with E-state index in [1.54, 1.807) is 4.90 Å². The SMILES string of the molecule is Cc1cc(OC[C@H]2CCN(C(=O)N3CC[C@@H]4OCC(=O)N[C@@H]4C3)C[C@H]2C)cnc1C(F)(F)F. The lowest BCUT2D eigenvalue weighted by atomic mass is 9.87. The van der Waals surface area contributed by atoms with Crippen LogP contribution in [0.5, 0.6) is 5.75 Å². The maximum Gasteiger partial charge on any atom is 0.433 e. The number of morpholine rings is 1. The van der Waals surface area contributed by atoms with Gasteiger partial charge in [-0.1, -0.05) is 6.92 Å². The minimum absolute atomic E-state index is 0.0248. The Balaban J connectivity index is 1.28. The smallest absolute Gasteiger partial charge is 0.433 e. The Morgan fingerprint density at radius 3 is 2.70 bits per heavy atom. The minimum atomic E-state index is -4.48. The normalized spacial score (nSPS) is 28.2. The molecule has 4 atom stereocenters. The Morgan fingerprint density at radius 1 is 1.27 bits per heavy atom. The van der Waals surface area contributed by atoms with Crippen LogP contribution < -0.4 is 10.1 Å². The van der Waals surface area contributed by atoms with Gasteiger partial charge in [0.1, 0.15) is 18.1 Å². The number of alkyl halides is 3. The van der Waals surface area contributed by atoms with Gasteiger partial charge in [-0.2, -0.15) is 13.2 Å². The van der Waals surface area contributed by atoms with Crippen LogP contribution in [0, 0.1) is 18.8 Å². The monoisotopic (exact) mass is 470 g/mol. The summed E-state index contributed by atoms with van der Waals surface area (Å²) in [5.41, 5.74) is -0.879. The van der Waals surface area contributed by atoms with Crippen LogP contribution >= 0.6 is 0 Å². The number of urea groups is 1. The summed E-state index contributed by atoms with van der Waals surface area (Å²) >= 11 is 0. The van der Waals surface area contributed by atoms with E-state index >= 15 is 0 Å². The number of pyridine rings is 1. The van der Waals surface area contributed by atoms with E-state index in [9.17, 15) is 22.8 Å². The lowest BCUT2D eigenvalue weighted by molar-refractivity contribution is -0.141. The molecule has 4 rings (SSSR count). The molecule has 33 heavy (non-hydrogen) atoms. The number of nitrogens with one attached hydrogen (secondary N) is 1. The first kappa shape index (κ1) is 23.6. The minimum Gasteiger partial charge on any atom is -0.492 e. The van der Waals surface area contributed by atoms with E-state index in [-0.39, 0.29) is 48.1 Å². The second-order valence-corrected chi connectivity index (χ2v) is 9.16. The van der Waals surface area contributed by atoms with Gasteiger partial charge in [-0.25, -0.2) is 9.78 Å². The number of nitrogens with zero attached hydrogens (tertiary/aromatic N) is 3. The van der Waals surface area contributed by atoms with Crippen LogP contribution in [0.2, 0.25) is 0 Å². The zero-order chi connectivity index (χ0) is 23.8. The Morgan fingerprint density at radius 2 is 2.00 bits per heavy atom. The molecule has 11 heteroatoms. The van der Waals surface area contributed by atoms with E-state index < -0.39 is 11.9 Å². The van der Waals surface area contributed by atoms with Crippen molar-refractivity contribution < 1.29 is 32.2 Å². The number of aromatic nitrogens is 1. The molecule has 3 saturated heterocycles. The first-order valence-corrected chi connectivity index (χ1v) is 11.2. The second kappa shape index (κ2) is 9.36. The molecule has 0 spiro atoms. The number of likely N-dealkylation sites (tertiary alicyclic amines) is 2. The number of piperidine rings is 2. The summed E-state index contributed by atoms with van der Waals surface area (Å²) in [7, 11) is 0. The van der Waals surface area contributed by atoms with Gasteiger partial charge in [-0.3, -0.25) is 4.79 Å². The molecule has 0 aromatic carbocycles. The van der Waals surface area contributed by atoms with E-state index in [2.05, 4.69) is 10.3 Å². The molecule has 3 fully saturated rings. The average molecular weight is 470 g/mol. The number of hydrogen-bond acceptors (Lipinski definition) is 5. The topological polar surface area (TPSA) is 84.0 Å². The van der Waals surface area contributed by atoms with E-state index in [4.69, 9.17) is 9.47 Å². The predicted molar refractivity (Wildman–Crippen MR) is 112 cm³/mol. The van der Waals surface area contributed by atoms with Gasteiger partial charge in [0.15, 0.2) is 0 Å². The van der Waals surface area contributed by atoms with Gasteiger partial charge in [0.2, 0.25) is 5.91 Å². The van der Waals surface area contributed by atoms with Crippen LogP contribution in [0.4, 0.5) is 18.0 Å². The maximum atomic E-state index is 13.1. The molecule has 1 aromatic rings. The standard InChI is InChI=1S/C22H29F3N4O4/c1-13-7-16(8-26-20(13)22(23,24)25)32-11-15-3-5-28(9-14(15)2)21(31)29-6-4-18-17(10-29)27-19(30)12-33-18/h7-8,14-15,17-18H,3-6,9-12H2,1-2H3,(H,27,30)/t14-,15-,17-,18+/m1/s1. The highest BCUT2D eigenvalue weighted by Gasteiger charge is 2.39. The molecule has 0 saturated carbocycles. The molecule has 3 amide bonds. The van der Waals surface area contributed by atoms with Gasteiger partial charge in [0.05, 0.1) is 24.9 Å². The molecule has 8 nitrogen and oxygen atoms in total.